The second-order valence-electron chi connectivity index (χ2n) is 6.04. The predicted octanol–water partition coefficient (Wildman–Crippen LogP) is 5.58. The zero-order valence-corrected chi connectivity index (χ0v) is 14.8. The molecule has 0 aliphatic carbocycles. The van der Waals surface area contributed by atoms with Gasteiger partial charge in [0.25, 0.3) is 0 Å². The molecule has 0 saturated carbocycles. The third-order valence-electron chi connectivity index (χ3n) is 3.72. The van der Waals surface area contributed by atoms with Crippen molar-refractivity contribution >= 4 is 17.4 Å². The second-order valence-corrected chi connectivity index (χ2v) is 6.48. The third-order valence-corrected chi connectivity index (χ3v) is 3.94. The van der Waals surface area contributed by atoms with Crippen molar-refractivity contribution in [2.24, 2.45) is 5.92 Å². The first-order chi connectivity index (χ1) is 9.83. The Morgan fingerprint density at radius 2 is 1.71 bits per heavy atom. The fourth-order valence-corrected chi connectivity index (χ4v) is 2.97. The Hall–Kier alpha value is -1.02. The first kappa shape index (κ1) is 18.0. The van der Waals surface area contributed by atoms with E-state index in [-0.39, 0.29) is 17.6 Å². The van der Waals surface area contributed by atoms with Gasteiger partial charge in [0, 0.05) is 22.9 Å². The lowest BCUT2D eigenvalue weighted by Crippen LogP contribution is -2.19. The third kappa shape index (κ3) is 4.23. The van der Waals surface area contributed by atoms with Crippen molar-refractivity contribution in [1.82, 2.24) is 0 Å². The second kappa shape index (κ2) is 7.84. The number of ketones is 1. The lowest BCUT2D eigenvalue weighted by molar-refractivity contribution is -0.121. The Kier molecular flexibility index (Phi) is 6.73. The molecule has 2 nitrogen and oxygen atoms in total. The minimum Gasteiger partial charge on any atom is -0.493 e. The van der Waals surface area contributed by atoms with E-state index in [0.717, 1.165) is 16.9 Å². The SMILES string of the molecule is CCOc1c(C(C)C)cc(Cl)cc1C(C(=O)CC)C(C)C. The largest absolute Gasteiger partial charge is 0.493 e. The zero-order valence-electron chi connectivity index (χ0n) is 14.0. The van der Waals surface area contributed by atoms with E-state index in [4.69, 9.17) is 16.3 Å². The standard InChI is InChI=1S/C18H27ClO2/c1-7-16(20)17(12(5)6)15-10-13(19)9-14(11(3)4)18(15)21-8-2/h9-12,17H,7-8H2,1-6H3. The molecule has 0 heterocycles. The Labute approximate surface area is 133 Å². The van der Waals surface area contributed by atoms with E-state index in [0.29, 0.717) is 24.0 Å². The van der Waals surface area contributed by atoms with Crippen LogP contribution in [0.4, 0.5) is 0 Å². The van der Waals surface area contributed by atoms with E-state index in [1.807, 2.05) is 26.0 Å². The Morgan fingerprint density at radius 3 is 2.14 bits per heavy atom. The number of Topliss-reactive ketones (excluding diaryl/α,β-unsaturated/α-hetero) is 1. The van der Waals surface area contributed by atoms with E-state index in [1.54, 1.807) is 0 Å². The molecule has 0 aromatic heterocycles. The van der Waals surface area contributed by atoms with Crippen LogP contribution in [0, 0.1) is 5.92 Å². The highest BCUT2D eigenvalue weighted by Crippen LogP contribution is 2.40. The number of benzene rings is 1. The lowest BCUT2D eigenvalue weighted by Gasteiger charge is -2.25. The maximum absolute atomic E-state index is 12.4. The molecule has 118 valence electrons. The van der Waals surface area contributed by atoms with Crippen molar-refractivity contribution in [3.05, 3.63) is 28.3 Å². The average Bonchev–Trinajstić information content (AvgIpc) is 2.40. The van der Waals surface area contributed by atoms with E-state index < -0.39 is 0 Å². The van der Waals surface area contributed by atoms with Crippen molar-refractivity contribution in [1.29, 1.82) is 0 Å². The van der Waals surface area contributed by atoms with Crippen LogP contribution in [0.3, 0.4) is 0 Å². The summed E-state index contributed by atoms with van der Waals surface area (Å²) in [6.45, 7) is 12.8. The van der Waals surface area contributed by atoms with E-state index in [2.05, 4.69) is 27.7 Å². The van der Waals surface area contributed by atoms with Gasteiger partial charge in [-0.2, -0.15) is 0 Å². The van der Waals surface area contributed by atoms with Crippen LogP contribution in [0.5, 0.6) is 5.75 Å². The van der Waals surface area contributed by atoms with Gasteiger partial charge in [-0.05, 0) is 36.5 Å². The summed E-state index contributed by atoms with van der Waals surface area (Å²) in [5, 5.41) is 0.673. The summed E-state index contributed by atoms with van der Waals surface area (Å²) in [7, 11) is 0. The van der Waals surface area contributed by atoms with Crippen LogP contribution in [0.15, 0.2) is 12.1 Å². The van der Waals surface area contributed by atoms with Gasteiger partial charge >= 0.3 is 0 Å². The fourth-order valence-electron chi connectivity index (χ4n) is 2.73. The van der Waals surface area contributed by atoms with Crippen LogP contribution >= 0.6 is 11.6 Å². The molecule has 0 saturated heterocycles. The van der Waals surface area contributed by atoms with Crippen LogP contribution < -0.4 is 4.74 Å². The van der Waals surface area contributed by atoms with Crippen LogP contribution in [0.25, 0.3) is 0 Å². The molecule has 1 rings (SSSR count). The van der Waals surface area contributed by atoms with Gasteiger partial charge in [0.05, 0.1) is 6.61 Å². The monoisotopic (exact) mass is 310 g/mol. The van der Waals surface area contributed by atoms with Gasteiger partial charge in [-0.15, -0.1) is 0 Å². The molecule has 1 atom stereocenters. The van der Waals surface area contributed by atoms with Crippen LogP contribution in [-0.2, 0) is 4.79 Å². The number of hydrogen-bond acceptors (Lipinski definition) is 2. The van der Waals surface area contributed by atoms with Gasteiger partial charge in [-0.25, -0.2) is 0 Å². The molecule has 1 aromatic rings. The van der Waals surface area contributed by atoms with E-state index in [1.165, 1.54) is 0 Å². The Balaban J connectivity index is 3.53. The number of halogens is 1. The highest BCUT2D eigenvalue weighted by molar-refractivity contribution is 6.30. The minimum absolute atomic E-state index is 0.159. The molecule has 0 N–H and O–H groups in total. The highest BCUT2D eigenvalue weighted by Gasteiger charge is 2.28. The Bertz CT molecular complexity index is 492. The topological polar surface area (TPSA) is 26.3 Å². The molecule has 0 aliphatic heterocycles. The molecule has 3 heteroatoms. The molecule has 1 aromatic carbocycles. The smallest absolute Gasteiger partial charge is 0.140 e. The number of rotatable bonds is 7. The van der Waals surface area contributed by atoms with Gasteiger partial charge in [0.2, 0.25) is 0 Å². The van der Waals surface area contributed by atoms with E-state index >= 15 is 0 Å². The molecule has 0 aliphatic rings. The van der Waals surface area contributed by atoms with Crippen LogP contribution in [0.1, 0.15) is 70.9 Å². The summed E-state index contributed by atoms with van der Waals surface area (Å²) < 4.78 is 5.90. The number of carbonyl (C=O) groups is 1. The molecule has 1 unspecified atom stereocenters. The number of hydrogen-bond donors (Lipinski definition) is 0. The fraction of sp³-hybridized carbons (Fsp3) is 0.611. The number of ether oxygens (including phenoxy) is 1. The molecule has 0 spiro atoms. The Morgan fingerprint density at radius 1 is 1.14 bits per heavy atom. The molecule has 0 bridgehead atoms. The first-order valence-corrected chi connectivity index (χ1v) is 8.20. The van der Waals surface area contributed by atoms with Gasteiger partial charge in [-0.1, -0.05) is 46.2 Å². The van der Waals surface area contributed by atoms with E-state index in [9.17, 15) is 4.79 Å². The van der Waals surface area contributed by atoms with Crippen molar-refractivity contribution in [3.8, 4) is 5.75 Å². The maximum atomic E-state index is 12.4. The quantitative estimate of drug-likeness (QED) is 0.657. The number of carbonyl (C=O) groups excluding carboxylic acids is 1. The molecule has 21 heavy (non-hydrogen) atoms. The van der Waals surface area contributed by atoms with Gasteiger partial charge in [-0.3, -0.25) is 4.79 Å². The summed E-state index contributed by atoms with van der Waals surface area (Å²) in [6, 6.07) is 3.85. The van der Waals surface area contributed by atoms with Gasteiger partial charge < -0.3 is 4.74 Å². The summed E-state index contributed by atoms with van der Waals surface area (Å²) >= 11 is 6.30. The summed E-state index contributed by atoms with van der Waals surface area (Å²) in [5.41, 5.74) is 2.02. The van der Waals surface area contributed by atoms with Crippen molar-refractivity contribution < 1.29 is 9.53 Å². The predicted molar refractivity (Wildman–Crippen MR) is 89.6 cm³/mol. The molecule has 0 fully saturated rings. The minimum atomic E-state index is -0.159. The normalized spacial score (nSPS) is 12.8. The maximum Gasteiger partial charge on any atom is 0.140 e. The molecule has 0 amide bonds. The highest BCUT2D eigenvalue weighted by atomic mass is 35.5. The lowest BCUT2D eigenvalue weighted by atomic mass is 9.82. The molecular formula is C18H27ClO2. The molecular weight excluding hydrogens is 284 g/mol. The van der Waals surface area contributed by atoms with Crippen molar-refractivity contribution in [2.75, 3.05) is 6.61 Å². The van der Waals surface area contributed by atoms with Gasteiger partial charge in [0.1, 0.15) is 11.5 Å². The first-order valence-electron chi connectivity index (χ1n) is 7.82. The van der Waals surface area contributed by atoms with Crippen molar-refractivity contribution in [3.63, 3.8) is 0 Å². The molecule has 0 radical (unpaired) electrons. The van der Waals surface area contributed by atoms with Crippen molar-refractivity contribution in [2.45, 2.75) is 59.8 Å². The summed E-state index contributed by atoms with van der Waals surface area (Å²) in [5.74, 6) is 1.44. The summed E-state index contributed by atoms with van der Waals surface area (Å²) in [4.78, 5) is 12.4. The van der Waals surface area contributed by atoms with Gasteiger partial charge in [0.15, 0.2) is 0 Å². The zero-order chi connectivity index (χ0) is 16.2. The summed E-state index contributed by atoms with van der Waals surface area (Å²) in [6.07, 6.45) is 0.526. The average molecular weight is 311 g/mol. The van der Waals surface area contributed by atoms with Crippen LogP contribution in [-0.4, -0.2) is 12.4 Å². The van der Waals surface area contributed by atoms with Crippen LogP contribution in [0.2, 0.25) is 5.02 Å².